The number of hydrogen-bond acceptors (Lipinski definition) is 2. The zero-order valence-electron chi connectivity index (χ0n) is 6.32. The van der Waals surface area contributed by atoms with Crippen molar-refractivity contribution >= 4 is 17.7 Å². The van der Waals surface area contributed by atoms with Gasteiger partial charge in [0.2, 0.25) is 0 Å². The van der Waals surface area contributed by atoms with E-state index in [9.17, 15) is 4.79 Å². The summed E-state index contributed by atoms with van der Waals surface area (Å²) in [4.78, 5) is 14.4. The van der Waals surface area contributed by atoms with Crippen LogP contribution in [0.3, 0.4) is 0 Å². The van der Waals surface area contributed by atoms with Gasteiger partial charge < -0.3 is 0 Å². The van der Waals surface area contributed by atoms with Gasteiger partial charge in [0.15, 0.2) is 5.78 Å². The first kappa shape index (κ1) is 7.66. The Labute approximate surface area is 65.6 Å². The molecule has 0 aliphatic heterocycles. The highest BCUT2D eigenvalue weighted by atomic mass is 16.1. The number of hydrogen-bond donors (Lipinski definition) is 0. The smallest absolute Gasteiger partial charge is 0.170 e. The lowest BCUT2D eigenvalue weighted by atomic mass is 10.3. The van der Waals surface area contributed by atoms with E-state index in [1.54, 1.807) is 0 Å². The van der Waals surface area contributed by atoms with E-state index in [-0.39, 0.29) is 5.78 Å². The van der Waals surface area contributed by atoms with Gasteiger partial charge in [-0.25, -0.2) is 0 Å². The normalized spacial score (nSPS) is 10.3. The van der Waals surface area contributed by atoms with Gasteiger partial charge in [0.05, 0.1) is 11.9 Å². The number of nitrogens with zero attached hydrogens (tertiary/aromatic N) is 1. The molecule has 11 heavy (non-hydrogen) atoms. The molecule has 0 fully saturated rings. The molecule has 0 aromatic heterocycles. The molecule has 2 nitrogen and oxygen atoms in total. The lowest BCUT2D eigenvalue weighted by Gasteiger charge is -1.88. The molecule has 1 rings (SSSR count). The molecule has 0 atom stereocenters. The van der Waals surface area contributed by atoms with Crippen LogP contribution in [-0.4, -0.2) is 12.0 Å². The number of ketones is 1. The van der Waals surface area contributed by atoms with Crippen LogP contribution < -0.4 is 0 Å². The highest BCUT2D eigenvalue weighted by Gasteiger charge is 1.84. The summed E-state index contributed by atoms with van der Waals surface area (Å²) >= 11 is 0. The first-order valence-corrected chi connectivity index (χ1v) is 3.39. The molecule has 0 saturated carbocycles. The molecule has 0 unspecified atom stereocenters. The second kappa shape index (κ2) is 3.66. The molecule has 0 bridgehead atoms. The highest BCUT2D eigenvalue weighted by Crippen LogP contribution is 2.07. The maximum absolute atomic E-state index is 10.5. The van der Waals surface area contributed by atoms with Crippen molar-refractivity contribution in [1.82, 2.24) is 0 Å². The van der Waals surface area contributed by atoms with Crippen LogP contribution in [0.15, 0.2) is 35.3 Å². The summed E-state index contributed by atoms with van der Waals surface area (Å²) in [5, 5.41) is 0. The van der Waals surface area contributed by atoms with Crippen LogP contribution in [0.1, 0.15) is 6.92 Å². The minimum absolute atomic E-state index is 0.0335. The molecule has 0 heterocycles. The molecule has 0 aliphatic rings. The van der Waals surface area contributed by atoms with Gasteiger partial charge in [-0.15, -0.1) is 0 Å². The Morgan fingerprint density at radius 1 is 1.36 bits per heavy atom. The van der Waals surface area contributed by atoms with Crippen LogP contribution in [0, 0.1) is 0 Å². The lowest BCUT2D eigenvalue weighted by Crippen LogP contribution is -1.87. The summed E-state index contributed by atoms with van der Waals surface area (Å²) in [6.45, 7) is 1.48. The van der Waals surface area contributed by atoms with Crippen LogP contribution in [0.5, 0.6) is 0 Å². The first-order valence-electron chi connectivity index (χ1n) is 3.39. The molecule has 2 heteroatoms. The minimum atomic E-state index is -0.0335. The van der Waals surface area contributed by atoms with Crippen LogP contribution >= 0.6 is 0 Å². The van der Waals surface area contributed by atoms with E-state index in [1.807, 2.05) is 30.3 Å². The molecule has 0 amide bonds. The average molecular weight is 147 g/mol. The number of carbonyl (C=O) groups is 1. The average Bonchev–Trinajstić information content (AvgIpc) is 2.03. The van der Waals surface area contributed by atoms with Crippen molar-refractivity contribution in [3.63, 3.8) is 0 Å². The van der Waals surface area contributed by atoms with E-state index in [4.69, 9.17) is 0 Å². The maximum atomic E-state index is 10.5. The van der Waals surface area contributed by atoms with Crippen LogP contribution in [0.2, 0.25) is 0 Å². The zero-order valence-corrected chi connectivity index (χ0v) is 6.32. The Bertz CT molecular complexity index is 264. The van der Waals surface area contributed by atoms with Crippen LogP contribution in [-0.2, 0) is 4.79 Å². The van der Waals surface area contributed by atoms with Gasteiger partial charge in [0, 0.05) is 6.92 Å². The zero-order chi connectivity index (χ0) is 8.10. The van der Waals surface area contributed by atoms with E-state index in [1.165, 1.54) is 13.1 Å². The molecule has 1 aromatic rings. The van der Waals surface area contributed by atoms with E-state index >= 15 is 0 Å². The fourth-order valence-electron chi connectivity index (χ4n) is 0.679. The first-order chi connectivity index (χ1) is 5.29. The SMILES string of the molecule is CC(=O)C=Nc1ccccc1. The van der Waals surface area contributed by atoms with Crippen LogP contribution in [0.4, 0.5) is 5.69 Å². The van der Waals surface area contributed by atoms with Gasteiger partial charge in [0.25, 0.3) is 0 Å². The van der Waals surface area contributed by atoms with Crippen molar-refractivity contribution in [3.8, 4) is 0 Å². The predicted octanol–water partition coefficient (Wildman–Crippen LogP) is 1.98. The molecular formula is C9H9NO. The number of para-hydroxylation sites is 1. The van der Waals surface area contributed by atoms with Crippen LogP contribution in [0.25, 0.3) is 0 Å². The monoisotopic (exact) mass is 147 g/mol. The quantitative estimate of drug-likeness (QED) is 0.588. The molecular weight excluding hydrogens is 138 g/mol. The molecule has 0 aliphatic carbocycles. The Kier molecular flexibility index (Phi) is 2.55. The van der Waals surface area contributed by atoms with Gasteiger partial charge in [0.1, 0.15) is 0 Å². The second-order valence-electron chi connectivity index (χ2n) is 2.20. The van der Waals surface area contributed by atoms with Crippen molar-refractivity contribution in [3.05, 3.63) is 30.3 Å². The van der Waals surface area contributed by atoms with Crippen molar-refractivity contribution in [1.29, 1.82) is 0 Å². The second-order valence-corrected chi connectivity index (χ2v) is 2.20. The fourth-order valence-corrected chi connectivity index (χ4v) is 0.679. The molecule has 0 N–H and O–H groups in total. The molecule has 56 valence electrons. The van der Waals surface area contributed by atoms with Crippen molar-refractivity contribution < 1.29 is 4.79 Å². The summed E-state index contributed by atoms with van der Waals surface area (Å²) in [5.41, 5.74) is 0.808. The summed E-state index contributed by atoms with van der Waals surface area (Å²) in [6, 6.07) is 9.37. The Morgan fingerprint density at radius 2 is 2.00 bits per heavy atom. The van der Waals surface area contributed by atoms with Crippen molar-refractivity contribution in [2.75, 3.05) is 0 Å². The van der Waals surface area contributed by atoms with Crippen molar-refractivity contribution in [2.45, 2.75) is 6.92 Å². The maximum Gasteiger partial charge on any atom is 0.170 e. The summed E-state index contributed by atoms with van der Waals surface area (Å²) in [7, 11) is 0. The van der Waals surface area contributed by atoms with E-state index in [0.29, 0.717) is 0 Å². The predicted molar refractivity (Wildman–Crippen MR) is 45.3 cm³/mol. The third-order valence-corrected chi connectivity index (χ3v) is 1.15. The van der Waals surface area contributed by atoms with Gasteiger partial charge >= 0.3 is 0 Å². The Balaban J connectivity index is 2.72. The number of Topliss-reactive ketones (excluding diaryl/α,β-unsaturated/α-hetero) is 1. The molecule has 1 aromatic carbocycles. The van der Waals surface area contributed by atoms with Gasteiger partial charge in [-0.1, -0.05) is 18.2 Å². The largest absolute Gasteiger partial charge is 0.293 e. The van der Waals surface area contributed by atoms with E-state index < -0.39 is 0 Å². The molecule has 0 spiro atoms. The number of rotatable bonds is 2. The van der Waals surface area contributed by atoms with Gasteiger partial charge in [-0.05, 0) is 12.1 Å². The van der Waals surface area contributed by atoms with Gasteiger partial charge in [-0.2, -0.15) is 0 Å². The standard InChI is InChI=1S/C9H9NO/c1-8(11)7-10-9-5-3-2-4-6-9/h2-7H,1H3. The third-order valence-electron chi connectivity index (χ3n) is 1.15. The number of benzene rings is 1. The topological polar surface area (TPSA) is 29.4 Å². The summed E-state index contributed by atoms with van der Waals surface area (Å²) in [5.74, 6) is -0.0335. The fraction of sp³-hybridized carbons (Fsp3) is 0.111. The third kappa shape index (κ3) is 2.76. The van der Waals surface area contributed by atoms with E-state index in [0.717, 1.165) is 5.69 Å². The summed E-state index contributed by atoms with van der Waals surface area (Å²) < 4.78 is 0. The van der Waals surface area contributed by atoms with Gasteiger partial charge in [-0.3, -0.25) is 9.79 Å². The molecule has 0 saturated heterocycles. The number of aliphatic imine (C=N–C) groups is 1. The van der Waals surface area contributed by atoms with Crippen molar-refractivity contribution in [2.24, 2.45) is 4.99 Å². The summed E-state index contributed by atoms with van der Waals surface area (Å²) in [6.07, 6.45) is 1.31. The highest BCUT2D eigenvalue weighted by molar-refractivity contribution is 6.26. The molecule has 0 radical (unpaired) electrons. The Morgan fingerprint density at radius 3 is 2.55 bits per heavy atom. The number of carbonyl (C=O) groups excluding carboxylic acids is 1. The van der Waals surface area contributed by atoms with E-state index in [2.05, 4.69) is 4.99 Å². The minimum Gasteiger partial charge on any atom is -0.293 e. The Hall–Kier alpha value is -1.44. The lowest BCUT2D eigenvalue weighted by molar-refractivity contribution is -0.110.